The highest BCUT2D eigenvalue weighted by Gasteiger charge is 2.12. The van der Waals surface area contributed by atoms with Gasteiger partial charge in [-0.25, -0.2) is 0 Å². The van der Waals surface area contributed by atoms with E-state index >= 15 is 0 Å². The first-order valence-electron chi connectivity index (χ1n) is 7.46. The van der Waals surface area contributed by atoms with Crippen molar-refractivity contribution in [2.75, 3.05) is 0 Å². The highest BCUT2D eigenvalue weighted by Crippen LogP contribution is 2.17. The monoisotopic (exact) mass is 305 g/mol. The molecule has 0 aliphatic rings. The number of aromatic nitrogens is 2. The molecular formula is C17H24ClN3. The van der Waals surface area contributed by atoms with Crippen LogP contribution < -0.4 is 5.32 Å². The second-order valence-electron chi connectivity index (χ2n) is 5.98. The predicted octanol–water partition coefficient (Wildman–Crippen LogP) is 3.92. The summed E-state index contributed by atoms with van der Waals surface area (Å²) < 4.78 is 1.90. The summed E-state index contributed by atoms with van der Waals surface area (Å²) in [6.45, 7) is 7.43. The fourth-order valence-electron chi connectivity index (χ4n) is 2.51. The first kappa shape index (κ1) is 16.1. The van der Waals surface area contributed by atoms with Crippen LogP contribution in [0.4, 0.5) is 0 Å². The molecule has 1 aromatic carbocycles. The van der Waals surface area contributed by atoms with Crippen molar-refractivity contribution in [1.82, 2.24) is 15.1 Å². The summed E-state index contributed by atoms with van der Waals surface area (Å²) >= 11 is 5.91. The van der Waals surface area contributed by atoms with Crippen molar-refractivity contribution in [1.29, 1.82) is 0 Å². The maximum atomic E-state index is 5.91. The van der Waals surface area contributed by atoms with Gasteiger partial charge in [0.1, 0.15) is 0 Å². The van der Waals surface area contributed by atoms with Crippen LogP contribution in [0.3, 0.4) is 0 Å². The number of nitrogens with one attached hydrogen (secondary N) is 1. The van der Waals surface area contributed by atoms with Gasteiger partial charge in [0.15, 0.2) is 0 Å². The molecule has 1 aromatic heterocycles. The molecule has 1 heterocycles. The third-order valence-corrected chi connectivity index (χ3v) is 3.83. The molecule has 21 heavy (non-hydrogen) atoms. The maximum Gasteiger partial charge on any atom is 0.0694 e. The van der Waals surface area contributed by atoms with E-state index in [1.165, 1.54) is 16.8 Å². The zero-order valence-electron chi connectivity index (χ0n) is 13.2. The number of nitrogens with zero attached hydrogens (tertiary/aromatic N) is 2. The zero-order valence-corrected chi connectivity index (χ0v) is 14.0. The molecule has 3 nitrogen and oxygen atoms in total. The Bertz CT molecular complexity index is 572. The van der Waals surface area contributed by atoms with Crippen molar-refractivity contribution in [3.8, 4) is 0 Å². The van der Waals surface area contributed by atoms with Crippen LogP contribution >= 0.6 is 11.6 Å². The fourth-order valence-corrected chi connectivity index (χ4v) is 2.63. The second-order valence-corrected chi connectivity index (χ2v) is 6.42. The van der Waals surface area contributed by atoms with Gasteiger partial charge in [-0.2, -0.15) is 5.10 Å². The van der Waals surface area contributed by atoms with Gasteiger partial charge in [0.05, 0.1) is 5.69 Å². The number of hydrogen-bond acceptors (Lipinski definition) is 2. The lowest BCUT2D eigenvalue weighted by atomic mass is 10.0. The van der Waals surface area contributed by atoms with Gasteiger partial charge in [-0.15, -0.1) is 0 Å². The fraction of sp³-hybridized carbons (Fsp3) is 0.471. The first-order chi connectivity index (χ1) is 9.95. The smallest absolute Gasteiger partial charge is 0.0694 e. The quantitative estimate of drug-likeness (QED) is 0.876. The molecule has 0 fully saturated rings. The molecule has 0 saturated heterocycles. The van der Waals surface area contributed by atoms with E-state index in [0.29, 0.717) is 12.0 Å². The van der Waals surface area contributed by atoms with E-state index in [9.17, 15) is 0 Å². The van der Waals surface area contributed by atoms with Gasteiger partial charge in [-0.3, -0.25) is 4.68 Å². The third kappa shape index (κ3) is 4.58. The van der Waals surface area contributed by atoms with Crippen LogP contribution in [0.2, 0.25) is 5.02 Å². The summed E-state index contributed by atoms with van der Waals surface area (Å²) in [6, 6.07) is 8.48. The lowest BCUT2D eigenvalue weighted by molar-refractivity contribution is 0.542. The minimum atomic E-state index is 0.409. The van der Waals surface area contributed by atoms with Crippen molar-refractivity contribution < 1.29 is 0 Å². The molecule has 0 aliphatic heterocycles. The average Bonchev–Trinajstić information content (AvgIpc) is 2.80. The highest BCUT2D eigenvalue weighted by molar-refractivity contribution is 6.30. The molecule has 0 spiro atoms. The number of rotatable bonds is 6. The largest absolute Gasteiger partial charge is 0.310 e. The molecule has 2 rings (SSSR count). The Morgan fingerprint density at radius 2 is 1.86 bits per heavy atom. The molecule has 4 heteroatoms. The molecule has 114 valence electrons. The normalized spacial score (nSPS) is 12.9. The summed E-state index contributed by atoms with van der Waals surface area (Å²) in [6.07, 6.45) is 3.10. The molecule has 0 amide bonds. The average molecular weight is 306 g/mol. The van der Waals surface area contributed by atoms with E-state index < -0.39 is 0 Å². The number of halogens is 1. The van der Waals surface area contributed by atoms with E-state index in [1.807, 2.05) is 23.9 Å². The van der Waals surface area contributed by atoms with Crippen molar-refractivity contribution in [3.05, 3.63) is 52.3 Å². The van der Waals surface area contributed by atoms with Gasteiger partial charge < -0.3 is 5.32 Å². The summed E-state index contributed by atoms with van der Waals surface area (Å²) in [4.78, 5) is 0. The van der Waals surface area contributed by atoms with E-state index in [-0.39, 0.29) is 0 Å². The summed E-state index contributed by atoms with van der Waals surface area (Å²) in [5.74, 6) is 0.453. The lowest BCUT2D eigenvalue weighted by Crippen LogP contribution is -2.27. The highest BCUT2D eigenvalue weighted by atomic mass is 35.5. The molecule has 0 radical (unpaired) electrons. The summed E-state index contributed by atoms with van der Waals surface area (Å²) in [5, 5.41) is 8.92. The first-order valence-corrected chi connectivity index (χ1v) is 7.83. The summed E-state index contributed by atoms with van der Waals surface area (Å²) in [7, 11) is 1.98. The molecule has 2 aromatic rings. The Kier molecular flexibility index (Phi) is 5.43. The predicted molar refractivity (Wildman–Crippen MR) is 88.8 cm³/mol. The zero-order chi connectivity index (χ0) is 15.4. The van der Waals surface area contributed by atoms with Crippen molar-refractivity contribution in [2.24, 2.45) is 7.05 Å². The third-order valence-electron chi connectivity index (χ3n) is 3.58. The van der Waals surface area contributed by atoms with Crippen LogP contribution in [0.25, 0.3) is 0 Å². The van der Waals surface area contributed by atoms with E-state index in [2.05, 4.69) is 49.5 Å². The lowest BCUT2D eigenvalue weighted by Gasteiger charge is -2.14. The van der Waals surface area contributed by atoms with E-state index in [0.717, 1.165) is 18.0 Å². The molecular weight excluding hydrogens is 282 g/mol. The number of hydrogen-bond donors (Lipinski definition) is 1. The van der Waals surface area contributed by atoms with Gasteiger partial charge in [0, 0.05) is 36.4 Å². The maximum absolute atomic E-state index is 5.91. The molecule has 1 atom stereocenters. The van der Waals surface area contributed by atoms with Gasteiger partial charge >= 0.3 is 0 Å². The van der Waals surface area contributed by atoms with Crippen LogP contribution in [0.1, 0.15) is 43.5 Å². The SMILES string of the molecule is CC(Cc1ccc(Cl)cc1)NCc1cn(C)nc1C(C)C. The van der Waals surface area contributed by atoms with Gasteiger partial charge in [-0.05, 0) is 37.0 Å². The van der Waals surface area contributed by atoms with Crippen LogP contribution in [0.15, 0.2) is 30.5 Å². The standard InChI is InChI=1S/C17H24ClN3/c1-12(2)17-15(11-21(4)20-17)10-19-13(3)9-14-5-7-16(18)8-6-14/h5-8,11-13,19H,9-10H2,1-4H3. The number of benzene rings is 1. The van der Waals surface area contributed by atoms with Crippen molar-refractivity contribution >= 4 is 11.6 Å². The Morgan fingerprint density at radius 3 is 2.48 bits per heavy atom. The minimum Gasteiger partial charge on any atom is -0.310 e. The Hall–Kier alpha value is -1.32. The van der Waals surface area contributed by atoms with Gasteiger partial charge in [-0.1, -0.05) is 37.6 Å². The molecule has 1 N–H and O–H groups in total. The van der Waals surface area contributed by atoms with Crippen LogP contribution in [-0.4, -0.2) is 15.8 Å². The molecule has 0 bridgehead atoms. The Labute approximate surface area is 132 Å². The van der Waals surface area contributed by atoms with Gasteiger partial charge in [0.2, 0.25) is 0 Å². The topological polar surface area (TPSA) is 29.9 Å². The van der Waals surface area contributed by atoms with Crippen molar-refractivity contribution in [2.45, 2.75) is 45.7 Å². The molecule has 0 aliphatic carbocycles. The van der Waals surface area contributed by atoms with Crippen LogP contribution in [-0.2, 0) is 20.0 Å². The van der Waals surface area contributed by atoms with E-state index in [4.69, 9.17) is 11.6 Å². The Morgan fingerprint density at radius 1 is 1.19 bits per heavy atom. The molecule has 1 unspecified atom stereocenters. The van der Waals surface area contributed by atoms with Crippen LogP contribution in [0.5, 0.6) is 0 Å². The minimum absolute atomic E-state index is 0.409. The van der Waals surface area contributed by atoms with E-state index in [1.54, 1.807) is 0 Å². The van der Waals surface area contributed by atoms with Crippen molar-refractivity contribution in [3.63, 3.8) is 0 Å². The molecule has 0 saturated carbocycles. The summed E-state index contributed by atoms with van der Waals surface area (Å²) in [5.41, 5.74) is 3.77. The Balaban J connectivity index is 1.92. The second kappa shape index (κ2) is 7.10. The number of aryl methyl sites for hydroxylation is 1. The van der Waals surface area contributed by atoms with Gasteiger partial charge in [0.25, 0.3) is 0 Å². The van der Waals surface area contributed by atoms with Crippen LogP contribution in [0, 0.1) is 0 Å².